The van der Waals surface area contributed by atoms with Crippen LogP contribution in [0.3, 0.4) is 0 Å². The first-order chi connectivity index (χ1) is 9.65. The number of hydrogen-bond donors (Lipinski definition) is 2. The van der Waals surface area contributed by atoms with Crippen molar-refractivity contribution in [3.05, 3.63) is 17.5 Å². The molecule has 1 aromatic heterocycles. The zero-order valence-corrected chi connectivity index (χ0v) is 14.1. The van der Waals surface area contributed by atoms with Crippen molar-refractivity contribution in [2.75, 3.05) is 12.4 Å². The molecule has 1 unspecified atom stereocenters. The Morgan fingerprint density at radius 1 is 1.62 bits per heavy atom. The number of carboxylic acids is 1. The number of rotatable bonds is 4. The van der Waals surface area contributed by atoms with Gasteiger partial charge in [0.05, 0.1) is 23.8 Å². The summed E-state index contributed by atoms with van der Waals surface area (Å²) in [6, 6.07) is -0.881. The molecule has 2 saturated heterocycles. The van der Waals surface area contributed by atoms with Crippen molar-refractivity contribution < 1.29 is 49.4 Å². The summed E-state index contributed by atoms with van der Waals surface area (Å²) in [6.07, 6.45) is 1.75. The number of aromatic nitrogens is 3. The summed E-state index contributed by atoms with van der Waals surface area (Å²) in [5, 5.41) is 29.9. The van der Waals surface area contributed by atoms with E-state index in [1.165, 1.54) is 22.9 Å². The average Bonchev–Trinajstić information content (AvgIpc) is 3.05. The molecule has 1 aromatic rings. The Morgan fingerprint density at radius 3 is 2.95 bits per heavy atom. The van der Waals surface area contributed by atoms with Crippen molar-refractivity contribution in [3.8, 4) is 0 Å². The number of nitrogens with one attached hydrogen (secondary N) is 1. The molecule has 8 nitrogen and oxygen atoms in total. The predicted octanol–water partition coefficient (Wildman–Crippen LogP) is -5.02. The summed E-state index contributed by atoms with van der Waals surface area (Å²) in [5.41, 5.74) is 1.61. The van der Waals surface area contributed by atoms with E-state index in [9.17, 15) is 14.7 Å². The minimum absolute atomic E-state index is 0. The average molecular weight is 318 g/mol. The van der Waals surface area contributed by atoms with Crippen molar-refractivity contribution in [1.29, 1.82) is 0 Å². The van der Waals surface area contributed by atoms with Gasteiger partial charge >= 0.3 is 29.6 Å². The zero-order chi connectivity index (χ0) is 14.3. The fraction of sp³-hybridized carbons (Fsp3) is 0.455. The second kappa shape index (κ2) is 6.49. The second-order valence-electron chi connectivity index (χ2n) is 4.45. The maximum absolute atomic E-state index is 12.2. The smallest absolute Gasteiger partial charge is 0.548 e. The number of carboxylic acid groups (broad SMARTS) is 1. The Balaban J connectivity index is 0.00000161. The molecule has 2 aliphatic rings. The van der Waals surface area contributed by atoms with E-state index in [4.69, 9.17) is 5.11 Å². The van der Waals surface area contributed by atoms with E-state index in [-0.39, 0.29) is 53.9 Å². The van der Waals surface area contributed by atoms with Gasteiger partial charge in [-0.05, 0) is 12.0 Å². The van der Waals surface area contributed by atoms with Crippen molar-refractivity contribution in [2.45, 2.75) is 17.8 Å². The van der Waals surface area contributed by atoms with Crippen LogP contribution < -0.4 is 34.7 Å². The SMILES string of the molecule is O=C([O-])C1CS[C@@H]2/C(=C(/CCO)c3cn[nH]n3)C(=O)N12.[Na+]. The van der Waals surface area contributed by atoms with Gasteiger partial charge in [-0.15, -0.1) is 11.8 Å². The number of carbonyl (C=O) groups excluding carboxylic acids is 2. The number of aliphatic hydroxyl groups excluding tert-OH is 1. The van der Waals surface area contributed by atoms with E-state index in [0.717, 1.165) is 0 Å². The van der Waals surface area contributed by atoms with Gasteiger partial charge in [-0.1, -0.05) is 0 Å². The number of aliphatic hydroxyl groups is 1. The number of β-lactam (4-membered cyclic amide) rings is 1. The quantitative estimate of drug-likeness (QED) is 0.324. The molecule has 2 aliphatic heterocycles. The molecule has 3 heterocycles. The number of amides is 1. The Hall–Kier alpha value is -0.870. The van der Waals surface area contributed by atoms with Crippen LogP contribution in [0.25, 0.3) is 5.57 Å². The Kier molecular flexibility index (Phi) is 5.10. The van der Waals surface area contributed by atoms with Gasteiger partial charge in [0.1, 0.15) is 11.1 Å². The van der Waals surface area contributed by atoms with Crippen LogP contribution in [0.15, 0.2) is 11.8 Å². The molecule has 21 heavy (non-hydrogen) atoms. The van der Waals surface area contributed by atoms with Gasteiger partial charge in [0.15, 0.2) is 0 Å². The van der Waals surface area contributed by atoms with Crippen LogP contribution in [-0.2, 0) is 9.59 Å². The Labute approximate surface area is 146 Å². The normalized spacial score (nSPS) is 26.0. The van der Waals surface area contributed by atoms with Gasteiger partial charge < -0.3 is 19.9 Å². The number of H-pyrrole nitrogens is 1. The van der Waals surface area contributed by atoms with E-state index in [1.54, 1.807) is 0 Å². The van der Waals surface area contributed by atoms with E-state index in [1.807, 2.05) is 0 Å². The second-order valence-corrected chi connectivity index (χ2v) is 5.57. The minimum Gasteiger partial charge on any atom is -0.548 e. The van der Waals surface area contributed by atoms with Gasteiger partial charge in [-0.2, -0.15) is 15.4 Å². The Bertz CT molecular complexity index is 591. The number of hydrogen-bond acceptors (Lipinski definition) is 7. The molecule has 2 N–H and O–H groups in total. The van der Waals surface area contributed by atoms with Crippen molar-refractivity contribution in [2.24, 2.45) is 0 Å². The molecule has 0 aliphatic carbocycles. The van der Waals surface area contributed by atoms with Crippen LogP contribution in [0.2, 0.25) is 0 Å². The molecular formula is C11H11N4NaO4S. The number of fused-ring (bicyclic) bond motifs is 1. The monoisotopic (exact) mass is 318 g/mol. The Morgan fingerprint density at radius 2 is 2.38 bits per heavy atom. The van der Waals surface area contributed by atoms with Gasteiger partial charge in [-0.25, -0.2) is 0 Å². The van der Waals surface area contributed by atoms with Crippen molar-refractivity contribution >= 4 is 29.2 Å². The molecular weight excluding hydrogens is 307 g/mol. The molecule has 0 radical (unpaired) electrons. The summed E-state index contributed by atoms with van der Waals surface area (Å²) in [7, 11) is 0. The van der Waals surface area contributed by atoms with Crippen LogP contribution in [0.1, 0.15) is 12.1 Å². The first-order valence-corrected chi connectivity index (χ1v) is 7.05. The minimum atomic E-state index is -1.24. The zero-order valence-electron chi connectivity index (χ0n) is 11.3. The molecule has 106 valence electrons. The number of carbonyl (C=O) groups is 2. The maximum atomic E-state index is 12.2. The molecule has 10 heteroatoms. The fourth-order valence-corrected chi connectivity index (χ4v) is 3.95. The molecule has 2 atom stereocenters. The largest absolute Gasteiger partial charge is 1.00 e. The van der Waals surface area contributed by atoms with Crippen molar-refractivity contribution in [1.82, 2.24) is 20.3 Å². The number of aromatic amines is 1. The first kappa shape index (κ1) is 16.5. The van der Waals surface area contributed by atoms with Gasteiger partial charge in [0.25, 0.3) is 5.91 Å². The van der Waals surface area contributed by atoms with E-state index < -0.39 is 12.0 Å². The van der Waals surface area contributed by atoms with Gasteiger partial charge in [-0.3, -0.25) is 4.79 Å². The van der Waals surface area contributed by atoms with Gasteiger partial charge in [0.2, 0.25) is 0 Å². The van der Waals surface area contributed by atoms with Crippen LogP contribution >= 0.6 is 11.8 Å². The van der Waals surface area contributed by atoms with E-state index in [2.05, 4.69) is 15.4 Å². The summed E-state index contributed by atoms with van der Waals surface area (Å²) >= 11 is 1.38. The van der Waals surface area contributed by atoms with Crippen molar-refractivity contribution in [3.63, 3.8) is 0 Å². The third-order valence-corrected chi connectivity index (χ3v) is 4.68. The summed E-state index contributed by atoms with van der Waals surface area (Å²) in [6.45, 7) is -0.125. The molecule has 0 saturated carbocycles. The van der Waals surface area contributed by atoms with Crippen LogP contribution in [0, 0.1) is 0 Å². The third kappa shape index (κ3) is 2.64. The van der Waals surface area contributed by atoms with E-state index >= 15 is 0 Å². The predicted molar refractivity (Wildman–Crippen MR) is 66.9 cm³/mol. The number of aliphatic carboxylic acids is 1. The molecule has 0 aromatic carbocycles. The maximum Gasteiger partial charge on any atom is 1.00 e. The number of thioether (sulfide) groups is 1. The molecule has 1 amide bonds. The topological polar surface area (TPSA) is 122 Å². The third-order valence-electron chi connectivity index (χ3n) is 3.40. The molecule has 2 fully saturated rings. The van der Waals surface area contributed by atoms with Crippen LogP contribution in [-0.4, -0.2) is 61.1 Å². The van der Waals surface area contributed by atoms with Gasteiger partial charge in [0, 0.05) is 12.4 Å². The molecule has 0 bridgehead atoms. The summed E-state index contributed by atoms with van der Waals surface area (Å²) in [4.78, 5) is 24.5. The van der Waals surface area contributed by atoms with E-state index in [0.29, 0.717) is 22.6 Å². The molecule has 0 spiro atoms. The number of nitrogens with zero attached hydrogens (tertiary/aromatic N) is 3. The summed E-state index contributed by atoms with van der Waals surface area (Å²) in [5.74, 6) is -1.26. The standard InChI is InChI=1S/C11H12N4O4S.Na/c16-2-1-5(6-3-12-14-13-6)8-9(17)15-7(11(18)19)4-20-10(8)15;/h3,7,10,16H,1-2,4H2,(H,18,19)(H,12,13,14);/q;+1/p-1/b8-5-;/t7?,10-;/m1./s1. The molecule has 3 rings (SSSR count). The van der Waals surface area contributed by atoms with Crippen LogP contribution in [0.5, 0.6) is 0 Å². The fourth-order valence-electron chi connectivity index (χ4n) is 2.47. The van der Waals surface area contributed by atoms with Crippen LogP contribution in [0.4, 0.5) is 0 Å². The first-order valence-electron chi connectivity index (χ1n) is 6.00. The summed E-state index contributed by atoms with van der Waals surface area (Å²) < 4.78 is 0.